The molecule has 7 heteroatoms. The van der Waals surface area contributed by atoms with Gasteiger partial charge >= 0.3 is 12.0 Å². The summed E-state index contributed by atoms with van der Waals surface area (Å²) in [4.78, 5) is 21.5. The summed E-state index contributed by atoms with van der Waals surface area (Å²) in [6.07, 6.45) is 0.708. The summed E-state index contributed by atoms with van der Waals surface area (Å²) in [5.74, 6) is -1.03. The van der Waals surface area contributed by atoms with Crippen LogP contribution in [-0.2, 0) is 16.0 Å². The van der Waals surface area contributed by atoms with Crippen molar-refractivity contribution in [1.29, 1.82) is 0 Å². The number of amides is 2. The summed E-state index contributed by atoms with van der Waals surface area (Å²) < 4.78 is 4.78. The molecular formula is C13H17ClN2O4. The SMILES string of the molecule is O=C(O)COCCNC(=O)NCCc1ccc(Cl)cc1. The van der Waals surface area contributed by atoms with E-state index in [2.05, 4.69) is 10.6 Å². The molecule has 0 atom stereocenters. The van der Waals surface area contributed by atoms with Crippen LogP contribution in [0.5, 0.6) is 0 Å². The van der Waals surface area contributed by atoms with Crippen LogP contribution in [0.3, 0.4) is 0 Å². The molecule has 0 heterocycles. The Morgan fingerprint density at radius 3 is 2.45 bits per heavy atom. The minimum atomic E-state index is -1.03. The molecule has 0 radical (unpaired) electrons. The first-order chi connectivity index (χ1) is 9.58. The monoisotopic (exact) mass is 300 g/mol. The van der Waals surface area contributed by atoms with E-state index in [-0.39, 0.29) is 25.8 Å². The lowest BCUT2D eigenvalue weighted by atomic mass is 10.1. The second kappa shape index (κ2) is 9.17. The third kappa shape index (κ3) is 7.60. The molecule has 0 unspecified atom stereocenters. The number of nitrogens with one attached hydrogen (secondary N) is 2. The maximum atomic E-state index is 11.4. The number of hydrogen-bond acceptors (Lipinski definition) is 3. The van der Waals surface area contributed by atoms with Crippen molar-refractivity contribution in [2.75, 3.05) is 26.3 Å². The molecular weight excluding hydrogens is 284 g/mol. The minimum absolute atomic E-state index is 0.164. The molecule has 20 heavy (non-hydrogen) atoms. The lowest BCUT2D eigenvalue weighted by Crippen LogP contribution is -2.38. The average molecular weight is 301 g/mol. The van der Waals surface area contributed by atoms with Gasteiger partial charge in [-0.25, -0.2) is 9.59 Å². The number of carboxylic acids is 1. The normalized spacial score (nSPS) is 10.1. The Hall–Kier alpha value is -1.79. The molecule has 0 fully saturated rings. The molecule has 2 amide bonds. The first-order valence-corrected chi connectivity index (χ1v) is 6.51. The van der Waals surface area contributed by atoms with Gasteiger partial charge in [-0.15, -0.1) is 0 Å². The van der Waals surface area contributed by atoms with E-state index in [1.807, 2.05) is 12.1 Å². The molecule has 1 aromatic rings. The highest BCUT2D eigenvalue weighted by molar-refractivity contribution is 6.30. The molecule has 0 saturated heterocycles. The molecule has 0 bridgehead atoms. The maximum absolute atomic E-state index is 11.4. The van der Waals surface area contributed by atoms with Crippen LogP contribution in [0.15, 0.2) is 24.3 Å². The summed E-state index contributed by atoms with van der Waals surface area (Å²) in [5, 5.41) is 14.3. The van der Waals surface area contributed by atoms with E-state index in [1.54, 1.807) is 12.1 Å². The predicted octanol–water partition coefficient (Wildman–Crippen LogP) is 1.28. The minimum Gasteiger partial charge on any atom is -0.480 e. The number of urea groups is 1. The van der Waals surface area contributed by atoms with Gasteiger partial charge in [-0.2, -0.15) is 0 Å². The largest absolute Gasteiger partial charge is 0.480 e. The Kier molecular flexibility index (Phi) is 7.46. The zero-order chi connectivity index (χ0) is 14.8. The molecule has 1 aromatic carbocycles. The Labute approximate surface area is 122 Å². The Balaban J connectivity index is 2.05. The van der Waals surface area contributed by atoms with Crippen molar-refractivity contribution in [2.24, 2.45) is 0 Å². The zero-order valence-corrected chi connectivity index (χ0v) is 11.7. The van der Waals surface area contributed by atoms with Crippen LogP contribution in [-0.4, -0.2) is 43.4 Å². The highest BCUT2D eigenvalue weighted by Gasteiger charge is 2.00. The van der Waals surface area contributed by atoms with E-state index in [9.17, 15) is 9.59 Å². The number of rotatable bonds is 8. The molecule has 0 aliphatic heterocycles. The molecule has 6 nitrogen and oxygen atoms in total. The van der Waals surface area contributed by atoms with Crippen molar-refractivity contribution >= 4 is 23.6 Å². The molecule has 110 valence electrons. The average Bonchev–Trinajstić information content (AvgIpc) is 2.40. The van der Waals surface area contributed by atoms with Gasteiger partial charge in [-0.3, -0.25) is 0 Å². The Morgan fingerprint density at radius 1 is 1.15 bits per heavy atom. The van der Waals surface area contributed by atoms with E-state index in [0.717, 1.165) is 5.56 Å². The van der Waals surface area contributed by atoms with Crippen LogP contribution in [0.1, 0.15) is 5.56 Å². The van der Waals surface area contributed by atoms with Crippen molar-refractivity contribution in [3.05, 3.63) is 34.9 Å². The van der Waals surface area contributed by atoms with E-state index < -0.39 is 5.97 Å². The zero-order valence-electron chi connectivity index (χ0n) is 10.9. The fourth-order valence-electron chi connectivity index (χ4n) is 1.43. The van der Waals surface area contributed by atoms with Crippen LogP contribution in [0.4, 0.5) is 4.79 Å². The van der Waals surface area contributed by atoms with E-state index >= 15 is 0 Å². The van der Waals surface area contributed by atoms with Gasteiger partial charge in [0.15, 0.2) is 0 Å². The number of hydrogen-bond donors (Lipinski definition) is 3. The molecule has 1 rings (SSSR count). The maximum Gasteiger partial charge on any atom is 0.329 e. The number of aliphatic carboxylic acids is 1. The summed E-state index contributed by atoms with van der Waals surface area (Å²) in [6.45, 7) is 0.570. The fourth-order valence-corrected chi connectivity index (χ4v) is 1.56. The van der Waals surface area contributed by atoms with Crippen molar-refractivity contribution in [2.45, 2.75) is 6.42 Å². The van der Waals surface area contributed by atoms with Gasteiger partial charge in [-0.05, 0) is 24.1 Å². The van der Waals surface area contributed by atoms with Gasteiger partial charge in [0.05, 0.1) is 6.61 Å². The first-order valence-electron chi connectivity index (χ1n) is 6.13. The third-order valence-corrected chi connectivity index (χ3v) is 2.62. The summed E-state index contributed by atoms with van der Waals surface area (Å²) in [7, 11) is 0. The standard InChI is InChI=1S/C13H17ClN2O4/c14-11-3-1-10(2-4-11)5-6-15-13(19)16-7-8-20-9-12(17)18/h1-4H,5-9H2,(H,17,18)(H2,15,16,19). The van der Waals surface area contributed by atoms with Gasteiger partial charge in [0.1, 0.15) is 6.61 Å². The summed E-state index contributed by atoms with van der Waals surface area (Å²) in [6, 6.07) is 7.11. The van der Waals surface area contributed by atoms with Gasteiger partial charge in [0.25, 0.3) is 0 Å². The van der Waals surface area contributed by atoms with Crippen LogP contribution in [0.2, 0.25) is 5.02 Å². The molecule has 0 aliphatic carbocycles. The van der Waals surface area contributed by atoms with Gasteiger partial charge < -0.3 is 20.5 Å². The van der Waals surface area contributed by atoms with Crippen LogP contribution >= 0.6 is 11.6 Å². The number of carbonyl (C=O) groups is 2. The summed E-state index contributed by atoms with van der Waals surface area (Å²) >= 11 is 5.77. The third-order valence-electron chi connectivity index (χ3n) is 2.37. The van der Waals surface area contributed by atoms with Crippen LogP contribution < -0.4 is 10.6 Å². The number of ether oxygens (including phenoxy) is 1. The van der Waals surface area contributed by atoms with E-state index in [4.69, 9.17) is 21.4 Å². The topological polar surface area (TPSA) is 87.7 Å². The van der Waals surface area contributed by atoms with E-state index in [1.165, 1.54) is 0 Å². The molecule has 0 saturated carbocycles. The second-order valence-electron chi connectivity index (χ2n) is 4.01. The lowest BCUT2D eigenvalue weighted by molar-refractivity contribution is -0.142. The van der Waals surface area contributed by atoms with Crippen molar-refractivity contribution < 1.29 is 19.4 Å². The first kappa shape index (κ1) is 16.3. The highest BCUT2D eigenvalue weighted by Crippen LogP contribution is 2.09. The highest BCUT2D eigenvalue weighted by atomic mass is 35.5. The van der Waals surface area contributed by atoms with Crippen LogP contribution in [0.25, 0.3) is 0 Å². The quantitative estimate of drug-likeness (QED) is 0.631. The number of carbonyl (C=O) groups excluding carboxylic acids is 1. The molecule has 3 N–H and O–H groups in total. The van der Waals surface area contributed by atoms with Gasteiger partial charge in [0.2, 0.25) is 0 Å². The second-order valence-corrected chi connectivity index (χ2v) is 4.44. The fraction of sp³-hybridized carbons (Fsp3) is 0.385. The molecule has 0 aromatic heterocycles. The summed E-state index contributed by atoms with van der Waals surface area (Å²) in [5.41, 5.74) is 1.08. The van der Waals surface area contributed by atoms with E-state index in [0.29, 0.717) is 18.0 Å². The molecule has 0 spiro atoms. The van der Waals surface area contributed by atoms with Gasteiger partial charge in [-0.1, -0.05) is 23.7 Å². The van der Waals surface area contributed by atoms with Crippen LogP contribution in [0, 0.1) is 0 Å². The molecule has 0 aliphatic rings. The van der Waals surface area contributed by atoms with Crippen molar-refractivity contribution in [3.8, 4) is 0 Å². The smallest absolute Gasteiger partial charge is 0.329 e. The van der Waals surface area contributed by atoms with Crippen molar-refractivity contribution in [3.63, 3.8) is 0 Å². The van der Waals surface area contributed by atoms with Crippen molar-refractivity contribution in [1.82, 2.24) is 10.6 Å². The lowest BCUT2D eigenvalue weighted by Gasteiger charge is -2.07. The number of carboxylic acid groups (broad SMARTS) is 1. The van der Waals surface area contributed by atoms with Gasteiger partial charge in [0, 0.05) is 18.1 Å². The Morgan fingerprint density at radius 2 is 1.80 bits per heavy atom. The number of benzene rings is 1. The Bertz CT molecular complexity index is 437. The predicted molar refractivity (Wildman–Crippen MR) is 75.0 cm³/mol. The number of halogens is 1.